The minimum atomic E-state index is -1.16. The molecule has 6 nitrogen and oxygen atoms in total. The molecular weight excluding hydrogens is 289 g/mol. The normalized spacial score (nSPS) is 10.7. The Morgan fingerprint density at radius 3 is 2.60 bits per heavy atom. The molecule has 0 aliphatic rings. The molecule has 0 atom stereocenters. The van der Waals surface area contributed by atoms with Gasteiger partial charge in [-0.05, 0) is 20.2 Å². The van der Waals surface area contributed by atoms with Gasteiger partial charge in [0.1, 0.15) is 17.5 Å². The SMILES string of the molecule is CN(C)CCN(CC(=O)O)C(=O)c1cc(F)cnc1Cl. The predicted molar refractivity (Wildman–Crippen MR) is 71.3 cm³/mol. The van der Waals surface area contributed by atoms with Crippen LogP contribution in [-0.2, 0) is 4.79 Å². The van der Waals surface area contributed by atoms with E-state index in [2.05, 4.69) is 4.98 Å². The van der Waals surface area contributed by atoms with Gasteiger partial charge in [-0.3, -0.25) is 9.59 Å². The number of likely N-dealkylation sites (N-methyl/N-ethyl adjacent to an activating group) is 1. The molecular formula is C12H15ClFN3O3. The van der Waals surface area contributed by atoms with Gasteiger partial charge in [0.05, 0.1) is 11.8 Å². The number of hydrogen-bond acceptors (Lipinski definition) is 4. The van der Waals surface area contributed by atoms with Crippen molar-refractivity contribution < 1.29 is 19.1 Å². The van der Waals surface area contributed by atoms with Crippen LogP contribution in [0.2, 0.25) is 5.15 Å². The standard InChI is InChI=1S/C12H15ClFN3O3/c1-16(2)3-4-17(7-10(18)19)12(20)9-5-8(14)6-15-11(9)13/h5-6H,3-4,7H2,1-2H3,(H,18,19). The molecule has 8 heteroatoms. The maximum absolute atomic E-state index is 13.1. The lowest BCUT2D eigenvalue weighted by Crippen LogP contribution is -2.40. The molecule has 1 N–H and O–H groups in total. The summed E-state index contributed by atoms with van der Waals surface area (Å²) in [6.07, 6.45) is 0.889. The Balaban J connectivity index is 2.96. The summed E-state index contributed by atoms with van der Waals surface area (Å²) < 4.78 is 13.1. The lowest BCUT2D eigenvalue weighted by Gasteiger charge is -2.23. The summed E-state index contributed by atoms with van der Waals surface area (Å²) in [7, 11) is 3.58. The van der Waals surface area contributed by atoms with E-state index in [4.69, 9.17) is 16.7 Å². The summed E-state index contributed by atoms with van der Waals surface area (Å²) in [5.41, 5.74) is -0.147. The Morgan fingerprint density at radius 2 is 2.05 bits per heavy atom. The van der Waals surface area contributed by atoms with Crippen LogP contribution in [0.1, 0.15) is 10.4 Å². The Morgan fingerprint density at radius 1 is 1.40 bits per heavy atom. The highest BCUT2D eigenvalue weighted by atomic mass is 35.5. The fourth-order valence-electron chi connectivity index (χ4n) is 1.48. The van der Waals surface area contributed by atoms with Crippen LogP contribution < -0.4 is 0 Å². The summed E-state index contributed by atoms with van der Waals surface area (Å²) in [5, 5.41) is 8.68. The van der Waals surface area contributed by atoms with Crippen molar-refractivity contribution in [1.82, 2.24) is 14.8 Å². The molecule has 1 rings (SSSR count). The smallest absolute Gasteiger partial charge is 0.323 e. The number of carboxylic acid groups (broad SMARTS) is 1. The molecule has 0 bridgehead atoms. The molecule has 0 aliphatic heterocycles. The van der Waals surface area contributed by atoms with E-state index in [-0.39, 0.29) is 17.3 Å². The average Bonchev–Trinajstić information content (AvgIpc) is 2.36. The molecule has 1 heterocycles. The average molecular weight is 304 g/mol. The maximum Gasteiger partial charge on any atom is 0.323 e. The molecule has 1 aromatic heterocycles. The van der Waals surface area contributed by atoms with Gasteiger partial charge in [-0.1, -0.05) is 11.6 Å². The number of aliphatic carboxylic acids is 1. The van der Waals surface area contributed by atoms with Gasteiger partial charge in [0.25, 0.3) is 5.91 Å². The van der Waals surface area contributed by atoms with Gasteiger partial charge in [-0.15, -0.1) is 0 Å². The first-order valence-corrected chi connectivity index (χ1v) is 6.16. The van der Waals surface area contributed by atoms with Crippen molar-refractivity contribution in [3.05, 3.63) is 28.8 Å². The maximum atomic E-state index is 13.1. The van der Waals surface area contributed by atoms with E-state index in [0.29, 0.717) is 6.54 Å². The van der Waals surface area contributed by atoms with E-state index in [0.717, 1.165) is 17.2 Å². The molecule has 0 aromatic carbocycles. The number of pyridine rings is 1. The van der Waals surface area contributed by atoms with E-state index in [9.17, 15) is 14.0 Å². The Kier molecular flexibility index (Phi) is 5.84. The van der Waals surface area contributed by atoms with Crippen molar-refractivity contribution in [2.24, 2.45) is 0 Å². The molecule has 0 fully saturated rings. The molecule has 110 valence electrons. The van der Waals surface area contributed by atoms with Crippen molar-refractivity contribution in [3.8, 4) is 0 Å². The highest BCUT2D eigenvalue weighted by molar-refractivity contribution is 6.32. The van der Waals surface area contributed by atoms with Crippen LogP contribution in [0.4, 0.5) is 4.39 Å². The van der Waals surface area contributed by atoms with Gasteiger partial charge in [-0.2, -0.15) is 0 Å². The van der Waals surface area contributed by atoms with Gasteiger partial charge >= 0.3 is 5.97 Å². The first kappa shape index (κ1) is 16.3. The fourth-order valence-corrected chi connectivity index (χ4v) is 1.66. The monoisotopic (exact) mass is 303 g/mol. The molecule has 0 saturated carbocycles. The van der Waals surface area contributed by atoms with E-state index in [1.54, 1.807) is 19.0 Å². The second-order valence-corrected chi connectivity index (χ2v) is 4.77. The zero-order valence-corrected chi connectivity index (χ0v) is 11.9. The zero-order valence-electron chi connectivity index (χ0n) is 11.1. The predicted octanol–water partition coefficient (Wildman–Crippen LogP) is 0.963. The molecule has 1 aromatic rings. The number of carboxylic acids is 1. The summed E-state index contributed by atoms with van der Waals surface area (Å²) in [5.74, 6) is -2.52. The minimum absolute atomic E-state index is 0.147. The van der Waals surface area contributed by atoms with Crippen molar-refractivity contribution >= 4 is 23.5 Å². The summed E-state index contributed by atoms with van der Waals surface area (Å²) >= 11 is 5.75. The second-order valence-electron chi connectivity index (χ2n) is 4.42. The Labute approximate surface area is 120 Å². The number of nitrogens with zero attached hydrogens (tertiary/aromatic N) is 3. The first-order valence-electron chi connectivity index (χ1n) is 5.78. The summed E-state index contributed by atoms with van der Waals surface area (Å²) in [6, 6.07) is 0.947. The molecule has 0 unspecified atom stereocenters. The number of aromatic nitrogens is 1. The van der Waals surface area contributed by atoms with Gasteiger partial charge < -0.3 is 14.9 Å². The lowest BCUT2D eigenvalue weighted by atomic mass is 10.2. The Hall–Kier alpha value is -1.73. The molecule has 20 heavy (non-hydrogen) atoms. The van der Waals surface area contributed by atoms with Crippen LogP contribution in [-0.4, -0.2) is 65.5 Å². The number of carbonyl (C=O) groups excluding carboxylic acids is 1. The number of hydrogen-bond donors (Lipinski definition) is 1. The second kappa shape index (κ2) is 7.16. The molecule has 0 saturated heterocycles. The van der Waals surface area contributed by atoms with Crippen LogP contribution in [0.5, 0.6) is 0 Å². The van der Waals surface area contributed by atoms with Gasteiger partial charge in [0, 0.05) is 13.1 Å². The zero-order chi connectivity index (χ0) is 15.3. The minimum Gasteiger partial charge on any atom is -0.480 e. The van der Waals surface area contributed by atoms with Crippen molar-refractivity contribution in [2.75, 3.05) is 33.7 Å². The highest BCUT2D eigenvalue weighted by Gasteiger charge is 2.22. The number of carbonyl (C=O) groups is 2. The van der Waals surface area contributed by atoms with Crippen molar-refractivity contribution in [2.45, 2.75) is 0 Å². The Bertz CT molecular complexity index is 511. The molecule has 0 spiro atoms. The third-order valence-electron chi connectivity index (χ3n) is 2.47. The quantitative estimate of drug-likeness (QED) is 0.793. The van der Waals surface area contributed by atoms with E-state index in [1.807, 2.05) is 0 Å². The number of rotatable bonds is 6. The lowest BCUT2D eigenvalue weighted by molar-refractivity contribution is -0.137. The topological polar surface area (TPSA) is 73.7 Å². The molecule has 0 radical (unpaired) electrons. The van der Waals surface area contributed by atoms with E-state index < -0.39 is 24.2 Å². The van der Waals surface area contributed by atoms with Crippen LogP contribution >= 0.6 is 11.6 Å². The highest BCUT2D eigenvalue weighted by Crippen LogP contribution is 2.16. The number of amides is 1. The molecule has 0 aliphatic carbocycles. The summed E-state index contributed by atoms with van der Waals surface area (Å²) in [6.45, 7) is 0.171. The third-order valence-corrected chi connectivity index (χ3v) is 2.77. The fraction of sp³-hybridized carbons (Fsp3) is 0.417. The van der Waals surface area contributed by atoms with Crippen LogP contribution in [0, 0.1) is 5.82 Å². The van der Waals surface area contributed by atoms with Crippen molar-refractivity contribution in [3.63, 3.8) is 0 Å². The first-order chi connectivity index (χ1) is 9.31. The van der Waals surface area contributed by atoms with E-state index >= 15 is 0 Å². The van der Waals surface area contributed by atoms with Crippen LogP contribution in [0.3, 0.4) is 0 Å². The van der Waals surface area contributed by atoms with E-state index in [1.165, 1.54) is 0 Å². The van der Waals surface area contributed by atoms with Crippen LogP contribution in [0.15, 0.2) is 12.3 Å². The largest absolute Gasteiger partial charge is 0.480 e. The van der Waals surface area contributed by atoms with Crippen molar-refractivity contribution in [1.29, 1.82) is 0 Å². The molecule has 1 amide bonds. The number of halogens is 2. The van der Waals surface area contributed by atoms with Gasteiger partial charge in [-0.25, -0.2) is 9.37 Å². The summed E-state index contributed by atoms with van der Waals surface area (Å²) in [4.78, 5) is 29.5. The van der Waals surface area contributed by atoms with Gasteiger partial charge in [0.2, 0.25) is 0 Å². The third kappa shape index (κ3) is 4.75. The van der Waals surface area contributed by atoms with Crippen LogP contribution in [0.25, 0.3) is 0 Å². The van der Waals surface area contributed by atoms with Gasteiger partial charge in [0.15, 0.2) is 0 Å².